The molecule has 2 heterocycles. The lowest BCUT2D eigenvalue weighted by molar-refractivity contribution is 0.606. The Balaban J connectivity index is 2.20. The van der Waals surface area contributed by atoms with Gasteiger partial charge in [0.15, 0.2) is 11.6 Å². The van der Waals surface area contributed by atoms with Gasteiger partial charge in [-0.15, -0.1) is 11.3 Å². The summed E-state index contributed by atoms with van der Waals surface area (Å²) in [6.45, 7) is 0.480. The molecule has 2 aromatic heterocycles. The van der Waals surface area contributed by atoms with Crippen LogP contribution in [-0.4, -0.2) is 22.0 Å². The maximum absolute atomic E-state index is 13.4. The van der Waals surface area contributed by atoms with Crippen molar-refractivity contribution in [3.8, 4) is 0 Å². The van der Waals surface area contributed by atoms with Crippen LogP contribution in [0.1, 0.15) is 5.69 Å². The molecular formula is C9H8ClFN4S. The standard InChI is InChI=1S/C9H8ClFN4S/c1-15(3-6-4-16-5-13-6)8-7(11)2-12-9(10)14-8/h2,4-5H,3H2,1H3. The molecular weight excluding hydrogens is 251 g/mol. The van der Waals surface area contributed by atoms with Crippen molar-refractivity contribution in [1.29, 1.82) is 0 Å². The molecule has 16 heavy (non-hydrogen) atoms. The van der Waals surface area contributed by atoms with E-state index in [2.05, 4.69) is 15.0 Å². The lowest BCUT2D eigenvalue weighted by Gasteiger charge is -2.17. The van der Waals surface area contributed by atoms with Gasteiger partial charge in [0.05, 0.1) is 23.9 Å². The molecule has 0 bridgehead atoms. The van der Waals surface area contributed by atoms with Crippen LogP contribution in [0.15, 0.2) is 17.1 Å². The summed E-state index contributed by atoms with van der Waals surface area (Å²) < 4.78 is 13.4. The van der Waals surface area contributed by atoms with E-state index >= 15 is 0 Å². The highest BCUT2D eigenvalue weighted by Crippen LogP contribution is 2.18. The fourth-order valence-corrected chi connectivity index (χ4v) is 1.92. The average molecular weight is 259 g/mol. The quantitative estimate of drug-likeness (QED) is 0.793. The van der Waals surface area contributed by atoms with Gasteiger partial charge in [0, 0.05) is 12.4 Å². The summed E-state index contributed by atoms with van der Waals surface area (Å²) in [5, 5.41) is 1.93. The molecule has 0 unspecified atom stereocenters. The van der Waals surface area contributed by atoms with E-state index in [1.165, 1.54) is 11.3 Å². The molecule has 0 N–H and O–H groups in total. The first kappa shape index (κ1) is 11.2. The number of hydrogen-bond donors (Lipinski definition) is 0. The minimum atomic E-state index is -0.498. The third-order valence-corrected chi connectivity index (χ3v) is 2.76. The Morgan fingerprint density at radius 3 is 3.00 bits per heavy atom. The van der Waals surface area contributed by atoms with Gasteiger partial charge in [0.25, 0.3) is 0 Å². The molecule has 0 radical (unpaired) electrons. The number of thiazole rings is 1. The van der Waals surface area contributed by atoms with Gasteiger partial charge in [-0.2, -0.15) is 4.98 Å². The highest BCUT2D eigenvalue weighted by atomic mass is 35.5. The molecule has 0 aromatic carbocycles. The van der Waals surface area contributed by atoms with E-state index in [1.807, 2.05) is 5.38 Å². The number of nitrogens with zero attached hydrogens (tertiary/aromatic N) is 4. The Morgan fingerprint density at radius 1 is 1.50 bits per heavy atom. The van der Waals surface area contributed by atoms with E-state index in [-0.39, 0.29) is 11.1 Å². The molecule has 0 saturated carbocycles. The zero-order valence-electron chi connectivity index (χ0n) is 8.39. The number of rotatable bonds is 3. The minimum absolute atomic E-state index is 0.0292. The van der Waals surface area contributed by atoms with E-state index in [0.717, 1.165) is 11.9 Å². The maximum atomic E-state index is 13.4. The summed E-state index contributed by atoms with van der Waals surface area (Å²) in [4.78, 5) is 13.1. The van der Waals surface area contributed by atoms with Crippen LogP contribution in [0.3, 0.4) is 0 Å². The van der Waals surface area contributed by atoms with Crippen LogP contribution in [0.5, 0.6) is 0 Å². The topological polar surface area (TPSA) is 41.9 Å². The molecule has 84 valence electrons. The van der Waals surface area contributed by atoms with Gasteiger partial charge >= 0.3 is 0 Å². The summed E-state index contributed by atoms with van der Waals surface area (Å²) in [6.07, 6.45) is 1.06. The van der Waals surface area contributed by atoms with Crippen molar-refractivity contribution in [2.45, 2.75) is 6.54 Å². The summed E-state index contributed by atoms with van der Waals surface area (Å²) in [5.74, 6) is -0.324. The smallest absolute Gasteiger partial charge is 0.224 e. The Morgan fingerprint density at radius 2 is 2.31 bits per heavy atom. The minimum Gasteiger partial charge on any atom is -0.351 e. The van der Waals surface area contributed by atoms with Crippen LogP contribution >= 0.6 is 22.9 Å². The van der Waals surface area contributed by atoms with Gasteiger partial charge < -0.3 is 4.90 Å². The van der Waals surface area contributed by atoms with Gasteiger partial charge in [0.1, 0.15) is 0 Å². The summed E-state index contributed by atoms with van der Waals surface area (Å²) >= 11 is 7.11. The second-order valence-corrected chi connectivity index (χ2v) is 4.20. The largest absolute Gasteiger partial charge is 0.351 e. The van der Waals surface area contributed by atoms with Gasteiger partial charge in [-0.25, -0.2) is 14.4 Å². The first-order valence-corrected chi connectivity index (χ1v) is 5.75. The summed E-state index contributed by atoms with van der Waals surface area (Å²) in [6, 6.07) is 0. The van der Waals surface area contributed by atoms with Crippen LogP contribution in [-0.2, 0) is 6.54 Å². The molecule has 2 rings (SSSR count). The molecule has 2 aromatic rings. The SMILES string of the molecule is CN(Cc1cscn1)c1nc(Cl)ncc1F. The third-order valence-electron chi connectivity index (χ3n) is 1.94. The van der Waals surface area contributed by atoms with Crippen molar-refractivity contribution < 1.29 is 4.39 Å². The normalized spacial score (nSPS) is 10.4. The van der Waals surface area contributed by atoms with Crippen LogP contribution in [0, 0.1) is 5.82 Å². The van der Waals surface area contributed by atoms with Crippen molar-refractivity contribution in [2.75, 3.05) is 11.9 Å². The van der Waals surface area contributed by atoms with E-state index in [4.69, 9.17) is 11.6 Å². The number of halogens is 2. The molecule has 0 aliphatic heterocycles. The predicted molar refractivity (Wildman–Crippen MR) is 61.2 cm³/mol. The Labute approximate surface area is 101 Å². The lowest BCUT2D eigenvalue weighted by Crippen LogP contribution is -2.19. The first-order chi connectivity index (χ1) is 7.66. The Hall–Kier alpha value is -1.27. The van der Waals surface area contributed by atoms with Gasteiger partial charge in [-0.3, -0.25) is 0 Å². The predicted octanol–water partition coefficient (Wildman–Crippen LogP) is 2.36. The van der Waals surface area contributed by atoms with Crippen molar-refractivity contribution >= 4 is 28.8 Å². The molecule has 0 fully saturated rings. The molecule has 7 heteroatoms. The van der Waals surface area contributed by atoms with Crippen molar-refractivity contribution in [3.05, 3.63) is 33.9 Å². The van der Waals surface area contributed by atoms with Gasteiger partial charge in [-0.1, -0.05) is 0 Å². The van der Waals surface area contributed by atoms with Crippen LogP contribution < -0.4 is 4.90 Å². The van der Waals surface area contributed by atoms with Crippen LogP contribution in [0.2, 0.25) is 5.28 Å². The monoisotopic (exact) mass is 258 g/mol. The third kappa shape index (κ3) is 2.45. The number of hydrogen-bond acceptors (Lipinski definition) is 5. The molecule has 0 aliphatic rings. The second-order valence-electron chi connectivity index (χ2n) is 3.15. The fraction of sp³-hybridized carbons (Fsp3) is 0.222. The lowest BCUT2D eigenvalue weighted by atomic mass is 10.4. The summed E-state index contributed by atoms with van der Waals surface area (Å²) in [5.41, 5.74) is 2.59. The maximum Gasteiger partial charge on any atom is 0.224 e. The van der Waals surface area contributed by atoms with Crippen molar-refractivity contribution in [1.82, 2.24) is 15.0 Å². The van der Waals surface area contributed by atoms with Gasteiger partial charge in [-0.05, 0) is 11.6 Å². The highest BCUT2D eigenvalue weighted by molar-refractivity contribution is 7.07. The second kappa shape index (κ2) is 4.71. The van der Waals surface area contributed by atoms with Gasteiger partial charge in [0.2, 0.25) is 5.28 Å². The van der Waals surface area contributed by atoms with E-state index in [1.54, 1.807) is 17.5 Å². The molecule has 0 spiro atoms. The molecule has 0 aliphatic carbocycles. The van der Waals surface area contributed by atoms with E-state index in [0.29, 0.717) is 6.54 Å². The number of anilines is 1. The zero-order valence-corrected chi connectivity index (χ0v) is 9.96. The van der Waals surface area contributed by atoms with Crippen LogP contribution in [0.4, 0.5) is 10.2 Å². The highest BCUT2D eigenvalue weighted by Gasteiger charge is 2.11. The average Bonchev–Trinajstić information content (AvgIpc) is 2.74. The first-order valence-electron chi connectivity index (χ1n) is 4.43. The van der Waals surface area contributed by atoms with Crippen LogP contribution in [0.25, 0.3) is 0 Å². The number of aromatic nitrogens is 3. The Bertz CT molecular complexity index is 476. The molecule has 4 nitrogen and oxygen atoms in total. The fourth-order valence-electron chi connectivity index (χ4n) is 1.24. The summed E-state index contributed by atoms with van der Waals surface area (Å²) in [7, 11) is 1.72. The Kier molecular flexibility index (Phi) is 3.31. The molecule has 0 atom stereocenters. The molecule has 0 saturated heterocycles. The van der Waals surface area contributed by atoms with E-state index in [9.17, 15) is 4.39 Å². The van der Waals surface area contributed by atoms with Crippen molar-refractivity contribution in [3.63, 3.8) is 0 Å². The molecule has 0 amide bonds. The zero-order chi connectivity index (χ0) is 11.5. The van der Waals surface area contributed by atoms with Crippen molar-refractivity contribution in [2.24, 2.45) is 0 Å². The van der Waals surface area contributed by atoms with E-state index < -0.39 is 5.82 Å².